The molecule has 0 saturated heterocycles. The minimum atomic E-state index is -1.33. The maximum Gasteiger partial charge on any atom is 0.339 e. The fraction of sp³-hybridized carbons (Fsp3) is 0.644. The normalized spacial score (nSPS) is 32.7. The molecular formula is C45H60Cl2O6. The molecule has 0 aromatic heterocycles. The van der Waals surface area contributed by atoms with Gasteiger partial charge >= 0.3 is 11.9 Å². The Labute approximate surface area is 326 Å². The number of hydrogen-bond donors (Lipinski definition) is 4. The molecule has 9 atom stereocenters. The van der Waals surface area contributed by atoms with Crippen molar-refractivity contribution in [1.82, 2.24) is 0 Å². The standard InChI is InChI=1S/C45H60Cl2O6/c1-25(2)8-7-9-26(3)34-12-13-37-44(34,5)19-16-38-43(4)17-14-27(20-30(43)15-18-45(37,38)6)10-11-31(28-21-32(41(50)51)39(48)35(46)23-28)29-22-33(42(52)53)40(49)36(47)24-29/h11,21-27,30,34,37-38,48-49H,7-10,12-20H2,1-6H3,(H,50,51)(H,52,53)/t26-,27+,30+,34-,37-,38-,43+,44-,45+/m1/s1. The number of aromatic carboxylic acids is 2. The van der Waals surface area contributed by atoms with Gasteiger partial charge in [-0.1, -0.05) is 90.1 Å². The molecule has 53 heavy (non-hydrogen) atoms. The van der Waals surface area contributed by atoms with Gasteiger partial charge in [0.1, 0.15) is 22.6 Å². The van der Waals surface area contributed by atoms with Gasteiger partial charge in [0.2, 0.25) is 0 Å². The molecule has 0 radical (unpaired) electrons. The molecule has 8 heteroatoms. The van der Waals surface area contributed by atoms with Crippen molar-refractivity contribution in [2.45, 2.75) is 125 Å². The molecule has 4 aliphatic carbocycles. The van der Waals surface area contributed by atoms with E-state index in [0.717, 1.165) is 42.4 Å². The number of fused-ring (bicyclic) bond motifs is 5. The van der Waals surface area contributed by atoms with Crippen LogP contribution in [0.1, 0.15) is 157 Å². The molecule has 2 aromatic rings. The van der Waals surface area contributed by atoms with Crippen LogP contribution in [0.5, 0.6) is 11.5 Å². The van der Waals surface area contributed by atoms with Crippen LogP contribution < -0.4 is 0 Å². The molecule has 6 rings (SSSR count). The monoisotopic (exact) mass is 766 g/mol. The number of phenols is 2. The first-order chi connectivity index (χ1) is 24.9. The highest BCUT2D eigenvalue weighted by Gasteiger charge is 2.65. The zero-order valence-corrected chi connectivity index (χ0v) is 34.0. The summed E-state index contributed by atoms with van der Waals surface area (Å²) in [5.41, 5.74) is 1.84. The summed E-state index contributed by atoms with van der Waals surface area (Å²) in [5, 5.41) is 40.2. The SMILES string of the molecule is CC(C)CCC[C@@H](C)[C@H]1CC[C@H]2[C@]3(C)CC[C@H]4C[C@@H](CC=C(c5cc(Cl)c(O)c(C(=O)O)c5)c5cc(Cl)c(O)c(C(=O)O)c5)CC[C@]4(C)[C@H]3CC[C@@]21C. The van der Waals surface area contributed by atoms with E-state index in [9.17, 15) is 30.0 Å². The molecule has 0 amide bonds. The summed E-state index contributed by atoms with van der Waals surface area (Å²) >= 11 is 12.7. The highest BCUT2D eigenvalue weighted by molar-refractivity contribution is 6.33. The van der Waals surface area contributed by atoms with E-state index in [-0.39, 0.29) is 21.2 Å². The van der Waals surface area contributed by atoms with Crippen molar-refractivity contribution < 1.29 is 30.0 Å². The van der Waals surface area contributed by atoms with E-state index in [1.54, 1.807) is 0 Å². The molecule has 0 aliphatic heterocycles. The lowest BCUT2D eigenvalue weighted by molar-refractivity contribution is -0.171. The summed E-state index contributed by atoms with van der Waals surface area (Å²) < 4.78 is 0. The zero-order valence-electron chi connectivity index (χ0n) is 32.5. The molecule has 4 N–H and O–H groups in total. The number of carboxylic acid groups (broad SMARTS) is 2. The Bertz CT molecular complexity index is 1700. The minimum Gasteiger partial charge on any atom is -0.505 e. The maximum absolute atomic E-state index is 12.0. The fourth-order valence-electron chi connectivity index (χ4n) is 12.8. The first kappa shape index (κ1) is 40.0. The number of hydrogen-bond acceptors (Lipinski definition) is 4. The van der Waals surface area contributed by atoms with Crippen molar-refractivity contribution in [3.05, 3.63) is 62.6 Å². The number of benzene rings is 2. The first-order valence-electron chi connectivity index (χ1n) is 20.1. The number of aromatic hydroxyl groups is 2. The lowest BCUT2D eigenvalue weighted by atomic mass is 9.39. The summed E-state index contributed by atoms with van der Waals surface area (Å²) in [6.45, 7) is 15.2. The molecule has 2 aromatic carbocycles. The van der Waals surface area contributed by atoms with Crippen molar-refractivity contribution in [3.63, 3.8) is 0 Å². The smallest absolute Gasteiger partial charge is 0.339 e. The number of carbonyl (C=O) groups is 2. The second-order valence-electron chi connectivity index (χ2n) is 18.7. The third-order valence-electron chi connectivity index (χ3n) is 15.4. The van der Waals surface area contributed by atoms with Gasteiger partial charge in [-0.3, -0.25) is 0 Å². The van der Waals surface area contributed by atoms with E-state index in [1.807, 2.05) is 6.08 Å². The molecule has 0 bridgehead atoms. The summed E-state index contributed by atoms with van der Waals surface area (Å²) in [6.07, 6.45) is 18.2. The van der Waals surface area contributed by atoms with Crippen LogP contribution in [0.2, 0.25) is 10.0 Å². The highest BCUT2D eigenvalue weighted by Crippen LogP contribution is 2.73. The molecule has 0 unspecified atom stereocenters. The lowest BCUT2D eigenvalue weighted by Crippen LogP contribution is -2.58. The molecule has 4 saturated carbocycles. The number of carboxylic acids is 2. The average molecular weight is 768 g/mol. The summed E-state index contributed by atoms with van der Waals surface area (Å²) in [7, 11) is 0. The lowest BCUT2D eigenvalue weighted by Gasteiger charge is -2.66. The highest BCUT2D eigenvalue weighted by atomic mass is 35.5. The van der Waals surface area contributed by atoms with Crippen LogP contribution >= 0.6 is 23.2 Å². The van der Waals surface area contributed by atoms with Crippen molar-refractivity contribution in [2.75, 3.05) is 0 Å². The van der Waals surface area contributed by atoms with Crippen molar-refractivity contribution in [3.8, 4) is 11.5 Å². The minimum absolute atomic E-state index is 0.120. The molecule has 4 fully saturated rings. The van der Waals surface area contributed by atoms with Crippen LogP contribution in [0.15, 0.2) is 30.3 Å². The topological polar surface area (TPSA) is 115 Å². The Kier molecular flexibility index (Phi) is 11.4. The second-order valence-corrected chi connectivity index (χ2v) is 19.5. The van der Waals surface area contributed by atoms with Crippen molar-refractivity contribution >= 4 is 40.7 Å². The van der Waals surface area contributed by atoms with Crippen LogP contribution in [-0.2, 0) is 0 Å². The molecule has 0 spiro atoms. The molecule has 0 heterocycles. The number of rotatable bonds is 11. The van der Waals surface area contributed by atoms with Gasteiger partial charge in [0.15, 0.2) is 0 Å². The maximum atomic E-state index is 12.0. The fourth-order valence-corrected chi connectivity index (χ4v) is 13.2. The Balaban J connectivity index is 1.24. The van der Waals surface area contributed by atoms with E-state index in [4.69, 9.17) is 23.2 Å². The van der Waals surface area contributed by atoms with Gasteiger partial charge in [-0.2, -0.15) is 0 Å². The third-order valence-corrected chi connectivity index (χ3v) is 16.0. The second kappa shape index (κ2) is 15.1. The van der Waals surface area contributed by atoms with E-state index < -0.39 is 23.4 Å². The van der Waals surface area contributed by atoms with E-state index >= 15 is 0 Å². The van der Waals surface area contributed by atoms with E-state index in [0.29, 0.717) is 51.2 Å². The van der Waals surface area contributed by atoms with Gasteiger partial charge in [-0.25, -0.2) is 9.59 Å². The summed E-state index contributed by atoms with van der Waals surface area (Å²) in [4.78, 5) is 24.1. The van der Waals surface area contributed by atoms with Gasteiger partial charge in [0.25, 0.3) is 0 Å². The summed E-state index contributed by atoms with van der Waals surface area (Å²) in [6, 6.07) is 5.70. The van der Waals surface area contributed by atoms with Gasteiger partial charge < -0.3 is 20.4 Å². The van der Waals surface area contributed by atoms with E-state index in [2.05, 4.69) is 41.5 Å². The van der Waals surface area contributed by atoms with Crippen LogP contribution in [0.25, 0.3) is 5.57 Å². The Morgan fingerprint density at radius 1 is 0.755 bits per heavy atom. The molecule has 6 nitrogen and oxygen atoms in total. The number of halogens is 2. The first-order valence-corrected chi connectivity index (χ1v) is 20.9. The van der Waals surface area contributed by atoms with Crippen LogP contribution in [-0.4, -0.2) is 32.4 Å². The summed E-state index contributed by atoms with van der Waals surface area (Å²) in [5.74, 6) is 1.27. The van der Waals surface area contributed by atoms with Crippen molar-refractivity contribution in [1.29, 1.82) is 0 Å². The van der Waals surface area contributed by atoms with Crippen LogP contribution in [0.3, 0.4) is 0 Å². The van der Waals surface area contributed by atoms with Crippen LogP contribution in [0.4, 0.5) is 0 Å². The van der Waals surface area contributed by atoms with Gasteiger partial charge in [-0.05, 0) is 163 Å². The Morgan fingerprint density at radius 2 is 1.30 bits per heavy atom. The Morgan fingerprint density at radius 3 is 1.87 bits per heavy atom. The third kappa shape index (κ3) is 7.26. The Hall–Kier alpha value is -2.70. The number of allylic oxidation sites excluding steroid dienone is 1. The predicted octanol–water partition coefficient (Wildman–Crippen LogP) is 12.8. The molecule has 290 valence electrons. The van der Waals surface area contributed by atoms with Gasteiger partial charge in [-0.15, -0.1) is 0 Å². The average Bonchev–Trinajstić information content (AvgIpc) is 3.45. The van der Waals surface area contributed by atoms with E-state index in [1.165, 1.54) is 88.5 Å². The quantitative estimate of drug-likeness (QED) is 0.181. The van der Waals surface area contributed by atoms with Gasteiger partial charge in [0, 0.05) is 0 Å². The molecular weight excluding hydrogens is 707 g/mol. The van der Waals surface area contributed by atoms with Gasteiger partial charge in [0.05, 0.1) is 10.0 Å². The predicted molar refractivity (Wildman–Crippen MR) is 213 cm³/mol. The largest absolute Gasteiger partial charge is 0.505 e. The van der Waals surface area contributed by atoms with Crippen molar-refractivity contribution in [2.24, 2.45) is 57.7 Å². The molecule has 4 aliphatic rings. The zero-order chi connectivity index (χ0) is 38.6. The van der Waals surface area contributed by atoms with Crippen LogP contribution in [0, 0.1) is 57.7 Å².